The predicted molar refractivity (Wildman–Crippen MR) is 75.1 cm³/mol. The van der Waals surface area contributed by atoms with Crippen molar-refractivity contribution in [1.82, 2.24) is 10.3 Å². The van der Waals surface area contributed by atoms with E-state index in [9.17, 15) is 9.90 Å². The Bertz CT molecular complexity index is 644. The highest BCUT2D eigenvalue weighted by Crippen LogP contribution is 2.30. The molecule has 1 heterocycles. The van der Waals surface area contributed by atoms with Crippen LogP contribution in [-0.4, -0.2) is 22.2 Å². The van der Waals surface area contributed by atoms with E-state index >= 15 is 0 Å². The molecule has 0 spiro atoms. The van der Waals surface area contributed by atoms with E-state index in [0.717, 1.165) is 30.2 Å². The lowest BCUT2D eigenvalue weighted by Crippen LogP contribution is -2.46. The SMILES string of the molecule is O=c1[nH]c2ccccc2cc1CNCC1(O)CCC1. The lowest BCUT2D eigenvalue weighted by atomic mass is 9.80. The summed E-state index contributed by atoms with van der Waals surface area (Å²) in [6, 6.07) is 9.64. The molecule has 3 N–H and O–H groups in total. The van der Waals surface area contributed by atoms with E-state index in [-0.39, 0.29) is 5.56 Å². The Hall–Kier alpha value is -1.65. The molecule has 0 unspecified atom stereocenters. The van der Waals surface area contributed by atoms with Crippen LogP contribution in [0.1, 0.15) is 24.8 Å². The summed E-state index contributed by atoms with van der Waals surface area (Å²) in [6.07, 6.45) is 2.80. The fourth-order valence-electron chi connectivity index (χ4n) is 2.52. The zero-order chi connectivity index (χ0) is 13.3. The Morgan fingerprint density at radius 1 is 1.32 bits per heavy atom. The Morgan fingerprint density at radius 2 is 2.11 bits per heavy atom. The van der Waals surface area contributed by atoms with Crippen molar-refractivity contribution in [3.63, 3.8) is 0 Å². The van der Waals surface area contributed by atoms with E-state index in [1.54, 1.807) is 0 Å². The number of fused-ring (bicyclic) bond motifs is 1. The molecule has 1 aromatic carbocycles. The summed E-state index contributed by atoms with van der Waals surface area (Å²) in [4.78, 5) is 14.8. The summed E-state index contributed by atoms with van der Waals surface area (Å²) < 4.78 is 0. The number of para-hydroxylation sites is 1. The van der Waals surface area contributed by atoms with Gasteiger partial charge in [-0.15, -0.1) is 0 Å². The molecule has 0 radical (unpaired) electrons. The third kappa shape index (κ3) is 2.55. The average Bonchev–Trinajstić information content (AvgIpc) is 2.37. The Morgan fingerprint density at radius 3 is 2.84 bits per heavy atom. The normalized spacial score (nSPS) is 17.3. The van der Waals surface area contributed by atoms with Crippen molar-refractivity contribution < 1.29 is 5.11 Å². The molecular weight excluding hydrogens is 240 g/mol. The van der Waals surface area contributed by atoms with Gasteiger partial charge in [0.2, 0.25) is 0 Å². The van der Waals surface area contributed by atoms with Crippen molar-refractivity contribution in [3.8, 4) is 0 Å². The molecule has 2 aromatic rings. The molecule has 1 aromatic heterocycles. The fourth-order valence-corrected chi connectivity index (χ4v) is 2.52. The maximum absolute atomic E-state index is 11.9. The van der Waals surface area contributed by atoms with Crippen molar-refractivity contribution >= 4 is 10.9 Å². The fraction of sp³-hybridized carbons (Fsp3) is 0.400. The van der Waals surface area contributed by atoms with Gasteiger partial charge in [0.15, 0.2) is 0 Å². The van der Waals surface area contributed by atoms with Gasteiger partial charge in [0.05, 0.1) is 5.60 Å². The average molecular weight is 258 g/mol. The van der Waals surface area contributed by atoms with E-state index in [1.807, 2.05) is 30.3 Å². The van der Waals surface area contributed by atoms with Crippen LogP contribution in [0.15, 0.2) is 35.1 Å². The molecule has 3 rings (SSSR count). The summed E-state index contributed by atoms with van der Waals surface area (Å²) in [5, 5.41) is 14.2. The first kappa shape index (κ1) is 12.4. The number of benzene rings is 1. The van der Waals surface area contributed by atoms with Gasteiger partial charge in [0.1, 0.15) is 0 Å². The highest BCUT2D eigenvalue weighted by atomic mass is 16.3. The van der Waals surface area contributed by atoms with Crippen LogP contribution in [0, 0.1) is 0 Å². The molecule has 0 saturated heterocycles. The van der Waals surface area contributed by atoms with Crippen molar-refractivity contribution in [1.29, 1.82) is 0 Å². The van der Waals surface area contributed by atoms with Gasteiger partial charge in [-0.25, -0.2) is 0 Å². The lowest BCUT2D eigenvalue weighted by molar-refractivity contribution is -0.0314. The van der Waals surface area contributed by atoms with Crippen LogP contribution in [-0.2, 0) is 6.54 Å². The van der Waals surface area contributed by atoms with Gasteiger partial charge >= 0.3 is 0 Å². The predicted octanol–water partition coefficient (Wildman–Crippen LogP) is 1.53. The second-order valence-electron chi connectivity index (χ2n) is 5.39. The third-order valence-electron chi connectivity index (χ3n) is 3.88. The number of rotatable bonds is 4. The molecule has 4 heteroatoms. The highest BCUT2D eigenvalue weighted by molar-refractivity contribution is 5.78. The van der Waals surface area contributed by atoms with Crippen molar-refractivity contribution in [3.05, 3.63) is 46.2 Å². The number of aromatic nitrogens is 1. The van der Waals surface area contributed by atoms with Crippen molar-refractivity contribution in [2.75, 3.05) is 6.54 Å². The Balaban J connectivity index is 1.73. The van der Waals surface area contributed by atoms with Gasteiger partial charge in [-0.3, -0.25) is 4.79 Å². The van der Waals surface area contributed by atoms with Gasteiger partial charge in [0, 0.05) is 24.2 Å². The molecule has 4 nitrogen and oxygen atoms in total. The quantitative estimate of drug-likeness (QED) is 0.779. The zero-order valence-electron chi connectivity index (χ0n) is 10.8. The van der Waals surface area contributed by atoms with Gasteiger partial charge < -0.3 is 15.4 Å². The van der Waals surface area contributed by atoms with E-state index in [4.69, 9.17) is 0 Å². The van der Waals surface area contributed by atoms with Crippen LogP contribution >= 0.6 is 0 Å². The maximum atomic E-state index is 11.9. The molecule has 1 saturated carbocycles. The molecular formula is C15H18N2O2. The summed E-state index contributed by atoms with van der Waals surface area (Å²) in [6.45, 7) is 1.04. The zero-order valence-corrected chi connectivity index (χ0v) is 10.8. The summed E-state index contributed by atoms with van der Waals surface area (Å²) >= 11 is 0. The van der Waals surface area contributed by atoms with E-state index < -0.39 is 5.60 Å². The molecule has 100 valence electrons. The van der Waals surface area contributed by atoms with E-state index in [0.29, 0.717) is 18.7 Å². The lowest BCUT2D eigenvalue weighted by Gasteiger charge is -2.36. The van der Waals surface area contributed by atoms with Crippen LogP contribution < -0.4 is 10.9 Å². The van der Waals surface area contributed by atoms with Crippen LogP contribution in [0.4, 0.5) is 0 Å². The molecule has 0 amide bonds. The van der Waals surface area contributed by atoms with Crippen LogP contribution in [0.25, 0.3) is 10.9 Å². The monoisotopic (exact) mass is 258 g/mol. The number of nitrogens with one attached hydrogen (secondary N) is 2. The smallest absolute Gasteiger partial charge is 0.252 e. The van der Waals surface area contributed by atoms with Crippen molar-refractivity contribution in [2.24, 2.45) is 0 Å². The van der Waals surface area contributed by atoms with Crippen LogP contribution in [0.3, 0.4) is 0 Å². The number of H-pyrrole nitrogens is 1. The molecule has 0 bridgehead atoms. The second kappa shape index (κ2) is 4.79. The molecule has 19 heavy (non-hydrogen) atoms. The molecule has 1 aliphatic rings. The topological polar surface area (TPSA) is 65.1 Å². The standard InChI is InChI=1S/C15H18N2O2/c18-14-12(9-16-10-15(19)6-3-7-15)8-11-4-1-2-5-13(11)17-14/h1-2,4-5,8,16,19H,3,6-7,9-10H2,(H,17,18). The molecule has 0 atom stereocenters. The van der Waals surface area contributed by atoms with Gasteiger partial charge in [0.25, 0.3) is 5.56 Å². The largest absolute Gasteiger partial charge is 0.389 e. The first-order valence-electron chi connectivity index (χ1n) is 6.70. The number of hydrogen-bond acceptors (Lipinski definition) is 3. The summed E-state index contributed by atoms with van der Waals surface area (Å²) in [5.74, 6) is 0. The number of pyridine rings is 1. The van der Waals surface area contributed by atoms with Crippen LogP contribution in [0.2, 0.25) is 0 Å². The maximum Gasteiger partial charge on any atom is 0.252 e. The third-order valence-corrected chi connectivity index (χ3v) is 3.88. The highest BCUT2D eigenvalue weighted by Gasteiger charge is 2.33. The number of aromatic amines is 1. The minimum absolute atomic E-state index is 0.0631. The molecule has 1 fully saturated rings. The second-order valence-corrected chi connectivity index (χ2v) is 5.39. The van der Waals surface area contributed by atoms with Crippen molar-refractivity contribution in [2.45, 2.75) is 31.4 Å². The first-order valence-corrected chi connectivity index (χ1v) is 6.70. The minimum Gasteiger partial charge on any atom is -0.389 e. The van der Waals surface area contributed by atoms with E-state index in [2.05, 4.69) is 10.3 Å². The Labute approximate surface area is 111 Å². The number of hydrogen-bond donors (Lipinski definition) is 3. The molecule has 0 aliphatic heterocycles. The summed E-state index contributed by atoms with van der Waals surface area (Å²) in [7, 11) is 0. The minimum atomic E-state index is -0.552. The van der Waals surface area contributed by atoms with Gasteiger partial charge in [-0.05, 0) is 36.8 Å². The Kier molecular flexibility index (Phi) is 3.12. The molecule has 1 aliphatic carbocycles. The van der Waals surface area contributed by atoms with Gasteiger partial charge in [-0.1, -0.05) is 18.2 Å². The number of aliphatic hydroxyl groups is 1. The van der Waals surface area contributed by atoms with Gasteiger partial charge in [-0.2, -0.15) is 0 Å². The summed E-state index contributed by atoms with van der Waals surface area (Å²) in [5.41, 5.74) is 0.950. The van der Waals surface area contributed by atoms with E-state index in [1.165, 1.54) is 0 Å². The first-order chi connectivity index (χ1) is 9.16. The van der Waals surface area contributed by atoms with Crippen LogP contribution in [0.5, 0.6) is 0 Å².